The molecule has 0 saturated heterocycles. The molecule has 138 valence electrons. The number of anilines is 1. The molecule has 2 aromatic rings. The number of aryl methyl sites for hydroxylation is 1. The largest absolute Gasteiger partial charge is 0.322 e. The predicted octanol–water partition coefficient (Wildman–Crippen LogP) is 4.12. The van der Waals surface area contributed by atoms with Gasteiger partial charge in [0.1, 0.15) is 0 Å². The van der Waals surface area contributed by atoms with Crippen molar-refractivity contribution < 1.29 is 13.2 Å². The van der Waals surface area contributed by atoms with Crippen LogP contribution in [0.2, 0.25) is 5.02 Å². The van der Waals surface area contributed by atoms with Crippen molar-refractivity contribution in [1.82, 2.24) is 4.72 Å². The van der Waals surface area contributed by atoms with Crippen LogP contribution in [0.4, 0.5) is 5.69 Å². The van der Waals surface area contributed by atoms with Crippen LogP contribution in [0.3, 0.4) is 0 Å². The third-order valence-corrected chi connectivity index (χ3v) is 6.32. The maximum Gasteiger partial charge on any atom is 0.255 e. The van der Waals surface area contributed by atoms with E-state index < -0.39 is 10.0 Å². The van der Waals surface area contributed by atoms with Crippen molar-refractivity contribution in [3.05, 3.63) is 58.6 Å². The summed E-state index contributed by atoms with van der Waals surface area (Å²) in [6.45, 7) is 1.87. The fraction of sp³-hybridized carbons (Fsp3) is 0.316. The van der Waals surface area contributed by atoms with Crippen LogP contribution < -0.4 is 10.0 Å². The van der Waals surface area contributed by atoms with E-state index in [0.717, 1.165) is 31.2 Å². The van der Waals surface area contributed by atoms with Crippen LogP contribution in [0.5, 0.6) is 0 Å². The molecule has 0 aliphatic heterocycles. The van der Waals surface area contributed by atoms with Gasteiger partial charge >= 0.3 is 0 Å². The molecule has 0 spiro atoms. The summed E-state index contributed by atoms with van der Waals surface area (Å²) < 4.78 is 27.6. The molecule has 0 radical (unpaired) electrons. The Balaban J connectivity index is 1.72. The van der Waals surface area contributed by atoms with Gasteiger partial charge < -0.3 is 5.32 Å². The second-order valence-electron chi connectivity index (χ2n) is 6.54. The number of nitrogens with one attached hydrogen (secondary N) is 2. The summed E-state index contributed by atoms with van der Waals surface area (Å²) in [5, 5.41) is 3.33. The molecule has 1 aliphatic carbocycles. The highest BCUT2D eigenvalue weighted by Gasteiger charge is 2.23. The highest BCUT2D eigenvalue weighted by molar-refractivity contribution is 7.89. The van der Waals surface area contributed by atoms with Crippen LogP contribution in [0.1, 0.15) is 41.6 Å². The summed E-state index contributed by atoms with van der Waals surface area (Å²) in [6, 6.07) is 11.2. The molecular formula is C19H21ClN2O3S. The van der Waals surface area contributed by atoms with Crippen molar-refractivity contribution in [3.8, 4) is 0 Å². The first-order valence-corrected chi connectivity index (χ1v) is 10.4. The van der Waals surface area contributed by atoms with E-state index >= 15 is 0 Å². The molecule has 5 nitrogen and oxygen atoms in total. The van der Waals surface area contributed by atoms with Gasteiger partial charge in [0.2, 0.25) is 10.0 Å². The number of carbonyl (C=O) groups is 1. The zero-order valence-corrected chi connectivity index (χ0v) is 16.0. The van der Waals surface area contributed by atoms with Crippen molar-refractivity contribution >= 4 is 33.2 Å². The highest BCUT2D eigenvalue weighted by Crippen LogP contribution is 2.22. The molecule has 1 aliphatic rings. The molecular weight excluding hydrogens is 372 g/mol. The summed E-state index contributed by atoms with van der Waals surface area (Å²) in [5.74, 6) is -0.317. The summed E-state index contributed by atoms with van der Waals surface area (Å²) in [7, 11) is -3.56. The molecule has 0 atom stereocenters. The molecule has 0 unspecified atom stereocenters. The van der Waals surface area contributed by atoms with Gasteiger partial charge in [-0.05, 0) is 61.7 Å². The topological polar surface area (TPSA) is 75.3 Å². The normalized spacial score (nSPS) is 15.2. The van der Waals surface area contributed by atoms with Crippen molar-refractivity contribution in [2.24, 2.45) is 0 Å². The van der Waals surface area contributed by atoms with Gasteiger partial charge in [-0.3, -0.25) is 4.79 Å². The van der Waals surface area contributed by atoms with Crippen molar-refractivity contribution in [3.63, 3.8) is 0 Å². The van der Waals surface area contributed by atoms with Crippen molar-refractivity contribution in [2.45, 2.75) is 43.5 Å². The lowest BCUT2D eigenvalue weighted by molar-refractivity contribution is 0.102. The lowest BCUT2D eigenvalue weighted by Crippen LogP contribution is -2.32. The van der Waals surface area contributed by atoms with Gasteiger partial charge in [-0.25, -0.2) is 13.1 Å². The zero-order chi connectivity index (χ0) is 18.7. The highest BCUT2D eigenvalue weighted by atomic mass is 35.5. The quantitative estimate of drug-likeness (QED) is 0.803. The molecule has 3 rings (SSSR count). The Hall–Kier alpha value is -1.89. The SMILES string of the molecule is Cc1ccc(Cl)cc1NC(=O)c1ccc(S(=O)(=O)NC2CCCC2)cc1. The minimum Gasteiger partial charge on any atom is -0.322 e. The zero-order valence-electron chi connectivity index (χ0n) is 14.5. The molecule has 0 heterocycles. The van der Waals surface area contributed by atoms with Crippen LogP contribution in [-0.2, 0) is 10.0 Å². The van der Waals surface area contributed by atoms with E-state index in [-0.39, 0.29) is 16.8 Å². The van der Waals surface area contributed by atoms with E-state index in [1.54, 1.807) is 12.1 Å². The minimum atomic E-state index is -3.56. The van der Waals surface area contributed by atoms with Crippen LogP contribution in [0, 0.1) is 6.92 Å². The molecule has 1 saturated carbocycles. The summed E-state index contributed by atoms with van der Waals surface area (Å²) in [5.41, 5.74) is 1.90. The second-order valence-corrected chi connectivity index (χ2v) is 8.69. The van der Waals surface area contributed by atoms with Gasteiger partial charge in [0.15, 0.2) is 0 Å². The van der Waals surface area contributed by atoms with Crippen LogP contribution in [0.15, 0.2) is 47.4 Å². The van der Waals surface area contributed by atoms with Crippen LogP contribution in [0.25, 0.3) is 0 Å². The molecule has 1 fully saturated rings. The number of carbonyl (C=O) groups excluding carboxylic acids is 1. The third kappa shape index (κ3) is 4.44. The maximum atomic E-state index is 12.4. The summed E-state index contributed by atoms with van der Waals surface area (Å²) in [4.78, 5) is 12.6. The van der Waals surface area contributed by atoms with Gasteiger partial charge in [0.05, 0.1) is 4.90 Å². The Kier molecular flexibility index (Phi) is 5.65. The van der Waals surface area contributed by atoms with Gasteiger partial charge in [0.25, 0.3) is 5.91 Å². The minimum absolute atomic E-state index is 0.00813. The molecule has 2 aromatic carbocycles. The van der Waals surface area contributed by atoms with Crippen molar-refractivity contribution in [2.75, 3.05) is 5.32 Å². The first kappa shape index (κ1) is 18.9. The van der Waals surface area contributed by atoms with Crippen molar-refractivity contribution in [1.29, 1.82) is 0 Å². The fourth-order valence-electron chi connectivity index (χ4n) is 3.04. The molecule has 2 N–H and O–H groups in total. The Morgan fingerprint density at radius 1 is 1.08 bits per heavy atom. The molecule has 7 heteroatoms. The van der Waals surface area contributed by atoms with E-state index in [4.69, 9.17) is 11.6 Å². The first-order valence-electron chi connectivity index (χ1n) is 8.55. The predicted molar refractivity (Wildman–Crippen MR) is 103 cm³/mol. The van der Waals surface area contributed by atoms with E-state index in [1.165, 1.54) is 24.3 Å². The van der Waals surface area contributed by atoms with Crippen LogP contribution >= 0.6 is 11.6 Å². The maximum absolute atomic E-state index is 12.4. The molecule has 0 bridgehead atoms. The average Bonchev–Trinajstić information content (AvgIpc) is 3.10. The Morgan fingerprint density at radius 2 is 1.73 bits per heavy atom. The summed E-state index contributed by atoms with van der Waals surface area (Å²) >= 11 is 5.96. The lowest BCUT2D eigenvalue weighted by atomic mass is 10.1. The van der Waals surface area contributed by atoms with E-state index in [1.807, 2.05) is 13.0 Å². The second kappa shape index (κ2) is 7.78. The Bertz CT molecular complexity index is 905. The number of hydrogen-bond donors (Lipinski definition) is 2. The molecule has 1 amide bonds. The van der Waals surface area contributed by atoms with Gasteiger partial charge in [-0.15, -0.1) is 0 Å². The van der Waals surface area contributed by atoms with E-state index in [0.29, 0.717) is 16.3 Å². The van der Waals surface area contributed by atoms with Crippen LogP contribution in [-0.4, -0.2) is 20.4 Å². The number of halogens is 1. The lowest BCUT2D eigenvalue weighted by Gasteiger charge is -2.13. The van der Waals surface area contributed by atoms with E-state index in [2.05, 4.69) is 10.0 Å². The number of sulfonamides is 1. The standard InChI is InChI=1S/C19H21ClN2O3S/c1-13-6-9-15(20)12-18(13)21-19(23)14-7-10-17(11-8-14)26(24,25)22-16-4-2-3-5-16/h6-12,16,22H,2-5H2,1H3,(H,21,23). The van der Waals surface area contributed by atoms with E-state index in [9.17, 15) is 13.2 Å². The Morgan fingerprint density at radius 3 is 2.38 bits per heavy atom. The number of hydrogen-bond acceptors (Lipinski definition) is 3. The average molecular weight is 393 g/mol. The fourth-order valence-corrected chi connectivity index (χ4v) is 4.52. The van der Waals surface area contributed by atoms with Gasteiger partial charge in [-0.1, -0.05) is 30.5 Å². The van der Waals surface area contributed by atoms with Gasteiger partial charge in [-0.2, -0.15) is 0 Å². The number of amides is 1. The number of rotatable bonds is 5. The van der Waals surface area contributed by atoms with Gasteiger partial charge in [0, 0.05) is 22.3 Å². The first-order chi connectivity index (χ1) is 12.3. The monoisotopic (exact) mass is 392 g/mol. The smallest absolute Gasteiger partial charge is 0.255 e. The summed E-state index contributed by atoms with van der Waals surface area (Å²) in [6.07, 6.45) is 3.85. The number of benzene rings is 2. The Labute approximate surface area is 158 Å². The third-order valence-electron chi connectivity index (χ3n) is 4.55. The molecule has 0 aromatic heterocycles. The molecule has 26 heavy (non-hydrogen) atoms.